The van der Waals surface area contributed by atoms with Gasteiger partial charge in [0.15, 0.2) is 0 Å². The largest absolute Gasteiger partial charge is 0.394 e. The predicted octanol–water partition coefficient (Wildman–Crippen LogP) is 1.04. The van der Waals surface area contributed by atoms with E-state index in [4.69, 9.17) is 10.5 Å². The SMILES string of the molecule is Cc1ccc(CN)c(N2CC(C)OC(CO)C2)c1. The molecule has 0 radical (unpaired) electrons. The number of rotatable bonds is 3. The molecule has 3 N–H and O–H groups in total. The molecule has 1 fully saturated rings. The molecule has 1 aliphatic heterocycles. The fourth-order valence-corrected chi connectivity index (χ4v) is 2.48. The van der Waals surface area contributed by atoms with Gasteiger partial charge < -0.3 is 20.5 Å². The monoisotopic (exact) mass is 250 g/mol. The van der Waals surface area contributed by atoms with Crippen LogP contribution in [0.2, 0.25) is 0 Å². The van der Waals surface area contributed by atoms with E-state index in [-0.39, 0.29) is 18.8 Å². The van der Waals surface area contributed by atoms with Gasteiger partial charge in [0.1, 0.15) is 0 Å². The Morgan fingerprint density at radius 1 is 1.44 bits per heavy atom. The fourth-order valence-electron chi connectivity index (χ4n) is 2.48. The second-order valence-electron chi connectivity index (χ2n) is 4.99. The van der Waals surface area contributed by atoms with Gasteiger partial charge in [-0.15, -0.1) is 0 Å². The molecule has 0 amide bonds. The number of aryl methyl sites for hydroxylation is 1. The van der Waals surface area contributed by atoms with Crippen molar-refractivity contribution in [2.75, 3.05) is 24.6 Å². The first-order valence-corrected chi connectivity index (χ1v) is 6.45. The summed E-state index contributed by atoms with van der Waals surface area (Å²) < 4.78 is 5.67. The zero-order valence-corrected chi connectivity index (χ0v) is 11.1. The lowest BCUT2D eigenvalue weighted by atomic mass is 10.1. The van der Waals surface area contributed by atoms with Gasteiger partial charge >= 0.3 is 0 Å². The van der Waals surface area contributed by atoms with E-state index in [0.717, 1.165) is 18.7 Å². The van der Waals surface area contributed by atoms with Crippen LogP contribution in [-0.2, 0) is 11.3 Å². The van der Waals surface area contributed by atoms with Gasteiger partial charge in [-0.3, -0.25) is 0 Å². The highest BCUT2D eigenvalue weighted by molar-refractivity contribution is 5.56. The Kier molecular flexibility index (Phi) is 4.22. The first kappa shape index (κ1) is 13.3. The summed E-state index contributed by atoms with van der Waals surface area (Å²) in [7, 11) is 0. The molecule has 1 aromatic rings. The van der Waals surface area contributed by atoms with Gasteiger partial charge in [0, 0.05) is 25.3 Å². The molecule has 1 heterocycles. The van der Waals surface area contributed by atoms with E-state index < -0.39 is 0 Å². The minimum Gasteiger partial charge on any atom is -0.394 e. The van der Waals surface area contributed by atoms with Crippen LogP contribution in [0.4, 0.5) is 5.69 Å². The number of aliphatic hydroxyl groups excluding tert-OH is 1. The normalized spacial score (nSPS) is 24.3. The Morgan fingerprint density at radius 3 is 2.89 bits per heavy atom. The van der Waals surface area contributed by atoms with Crippen molar-refractivity contribution in [3.63, 3.8) is 0 Å². The standard InChI is InChI=1S/C14H22N2O2/c1-10-3-4-12(6-15)14(5-10)16-7-11(2)18-13(8-16)9-17/h3-5,11,13,17H,6-9,15H2,1-2H3. The molecule has 2 atom stereocenters. The number of benzene rings is 1. The molecule has 1 aliphatic rings. The summed E-state index contributed by atoms with van der Waals surface area (Å²) in [4.78, 5) is 2.27. The third kappa shape index (κ3) is 2.83. The maximum absolute atomic E-state index is 9.28. The third-order valence-electron chi connectivity index (χ3n) is 3.33. The number of nitrogens with two attached hydrogens (primary N) is 1. The zero-order chi connectivity index (χ0) is 13.1. The van der Waals surface area contributed by atoms with E-state index >= 15 is 0 Å². The molecule has 4 nitrogen and oxygen atoms in total. The molecule has 0 aliphatic carbocycles. The summed E-state index contributed by atoms with van der Waals surface area (Å²) in [6.45, 7) is 6.27. The second-order valence-corrected chi connectivity index (χ2v) is 4.99. The molecular weight excluding hydrogens is 228 g/mol. The van der Waals surface area contributed by atoms with Gasteiger partial charge in [0.25, 0.3) is 0 Å². The molecule has 4 heteroatoms. The van der Waals surface area contributed by atoms with Crippen molar-refractivity contribution in [2.45, 2.75) is 32.6 Å². The number of hydrogen-bond acceptors (Lipinski definition) is 4. The Labute approximate surface area is 108 Å². The molecule has 18 heavy (non-hydrogen) atoms. The molecule has 0 bridgehead atoms. The molecular formula is C14H22N2O2. The Hall–Kier alpha value is -1.10. The van der Waals surface area contributed by atoms with Crippen molar-refractivity contribution < 1.29 is 9.84 Å². The lowest BCUT2D eigenvalue weighted by Crippen LogP contribution is -2.48. The predicted molar refractivity (Wildman–Crippen MR) is 72.7 cm³/mol. The topological polar surface area (TPSA) is 58.7 Å². The molecule has 2 rings (SSSR count). The molecule has 2 unspecified atom stereocenters. The van der Waals surface area contributed by atoms with Gasteiger partial charge in [-0.2, -0.15) is 0 Å². The molecule has 0 saturated carbocycles. The Bertz CT molecular complexity index is 409. The van der Waals surface area contributed by atoms with Crippen molar-refractivity contribution in [3.8, 4) is 0 Å². The second kappa shape index (κ2) is 5.69. The zero-order valence-electron chi connectivity index (χ0n) is 11.1. The molecule has 100 valence electrons. The van der Waals surface area contributed by atoms with Crippen LogP contribution in [0, 0.1) is 6.92 Å². The van der Waals surface area contributed by atoms with Crippen molar-refractivity contribution in [1.29, 1.82) is 0 Å². The summed E-state index contributed by atoms with van der Waals surface area (Å²) in [6, 6.07) is 6.33. The summed E-state index contributed by atoms with van der Waals surface area (Å²) >= 11 is 0. The maximum atomic E-state index is 9.28. The van der Waals surface area contributed by atoms with Gasteiger partial charge in [0.2, 0.25) is 0 Å². The van der Waals surface area contributed by atoms with Crippen LogP contribution in [0.3, 0.4) is 0 Å². The summed E-state index contributed by atoms with van der Waals surface area (Å²) in [6.07, 6.45) is 0.0157. The van der Waals surface area contributed by atoms with E-state index in [0.29, 0.717) is 6.54 Å². The maximum Gasteiger partial charge on any atom is 0.0984 e. The number of anilines is 1. The highest BCUT2D eigenvalue weighted by Crippen LogP contribution is 2.25. The third-order valence-corrected chi connectivity index (χ3v) is 3.33. The van der Waals surface area contributed by atoms with Gasteiger partial charge in [-0.1, -0.05) is 12.1 Å². The van der Waals surface area contributed by atoms with Crippen LogP contribution in [-0.4, -0.2) is 37.0 Å². The number of ether oxygens (including phenoxy) is 1. The van der Waals surface area contributed by atoms with Gasteiger partial charge in [-0.05, 0) is 31.0 Å². The van der Waals surface area contributed by atoms with Crippen molar-refractivity contribution >= 4 is 5.69 Å². The number of morpholine rings is 1. The summed E-state index contributed by atoms with van der Waals surface area (Å²) in [5, 5.41) is 9.28. The highest BCUT2D eigenvalue weighted by atomic mass is 16.5. The van der Waals surface area contributed by atoms with E-state index in [1.165, 1.54) is 11.3 Å². The fraction of sp³-hybridized carbons (Fsp3) is 0.571. The molecule has 0 spiro atoms. The summed E-state index contributed by atoms with van der Waals surface area (Å²) in [5.41, 5.74) is 9.34. The van der Waals surface area contributed by atoms with Gasteiger partial charge in [-0.25, -0.2) is 0 Å². The quantitative estimate of drug-likeness (QED) is 0.841. The number of nitrogens with zero attached hydrogens (tertiary/aromatic N) is 1. The van der Waals surface area contributed by atoms with Crippen molar-refractivity contribution in [3.05, 3.63) is 29.3 Å². The van der Waals surface area contributed by atoms with Crippen LogP contribution < -0.4 is 10.6 Å². The number of hydrogen-bond donors (Lipinski definition) is 2. The summed E-state index contributed by atoms with van der Waals surface area (Å²) in [5.74, 6) is 0. The van der Waals surface area contributed by atoms with Crippen LogP contribution in [0.1, 0.15) is 18.1 Å². The lowest BCUT2D eigenvalue weighted by Gasteiger charge is -2.38. The average Bonchev–Trinajstić information content (AvgIpc) is 2.38. The van der Waals surface area contributed by atoms with E-state index in [1.54, 1.807) is 0 Å². The molecule has 0 aromatic heterocycles. The van der Waals surface area contributed by atoms with E-state index in [9.17, 15) is 5.11 Å². The highest BCUT2D eigenvalue weighted by Gasteiger charge is 2.25. The van der Waals surface area contributed by atoms with Crippen molar-refractivity contribution in [2.24, 2.45) is 5.73 Å². The first-order valence-electron chi connectivity index (χ1n) is 6.45. The molecule has 1 saturated heterocycles. The lowest BCUT2D eigenvalue weighted by molar-refractivity contribution is -0.0421. The van der Waals surface area contributed by atoms with Crippen LogP contribution in [0.15, 0.2) is 18.2 Å². The first-order chi connectivity index (χ1) is 8.63. The van der Waals surface area contributed by atoms with E-state index in [2.05, 4.69) is 30.0 Å². The minimum atomic E-state index is -0.111. The van der Waals surface area contributed by atoms with Crippen LogP contribution in [0.25, 0.3) is 0 Å². The average molecular weight is 250 g/mol. The van der Waals surface area contributed by atoms with Crippen LogP contribution >= 0.6 is 0 Å². The van der Waals surface area contributed by atoms with Crippen molar-refractivity contribution in [1.82, 2.24) is 0 Å². The van der Waals surface area contributed by atoms with Crippen LogP contribution in [0.5, 0.6) is 0 Å². The van der Waals surface area contributed by atoms with Gasteiger partial charge in [0.05, 0.1) is 18.8 Å². The number of aliphatic hydroxyl groups is 1. The Balaban J connectivity index is 2.26. The minimum absolute atomic E-state index is 0.0601. The molecule has 1 aromatic carbocycles. The van der Waals surface area contributed by atoms with E-state index in [1.807, 2.05) is 6.92 Å². The Morgan fingerprint density at radius 2 is 2.22 bits per heavy atom. The smallest absolute Gasteiger partial charge is 0.0984 e.